The van der Waals surface area contributed by atoms with Crippen LogP contribution in [-0.4, -0.2) is 28.4 Å². The zero-order valence-corrected chi connectivity index (χ0v) is 12.3. The van der Waals surface area contributed by atoms with E-state index < -0.39 is 12.7 Å². The highest BCUT2D eigenvalue weighted by atomic mass is 35.5. The monoisotopic (exact) mass is 294 g/mol. The maximum atomic E-state index is 12.2. The number of ether oxygens (including phenoxy) is 2. The van der Waals surface area contributed by atoms with Gasteiger partial charge in [-0.2, -0.15) is 0 Å². The molecule has 0 aliphatic rings. The van der Waals surface area contributed by atoms with Crippen LogP contribution in [-0.2, 0) is 13.6 Å². The van der Waals surface area contributed by atoms with E-state index in [4.69, 9.17) is 30.1 Å². The van der Waals surface area contributed by atoms with Crippen LogP contribution < -0.4 is 9.47 Å². The van der Waals surface area contributed by atoms with E-state index in [9.17, 15) is 4.57 Å². The van der Waals surface area contributed by atoms with E-state index in [1.54, 1.807) is 18.2 Å². The zero-order valence-electron chi connectivity index (χ0n) is 10.7. The molecule has 0 aliphatic carbocycles. The summed E-state index contributed by atoms with van der Waals surface area (Å²) in [5.74, 6) is 1.06. The lowest BCUT2D eigenvalue weighted by atomic mass is 10.2. The lowest BCUT2D eigenvalue weighted by Crippen LogP contribution is -1.99. The smallest absolute Gasteiger partial charge is 0.352 e. The molecule has 1 unspecified atom stereocenters. The van der Waals surface area contributed by atoms with Crippen LogP contribution in [0.2, 0.25) is 0 Å². The minimum atomic E-state index is -3.38. The van der Waals surface area contributed by atoms with Gasteiger partial charge in [-0.05, 0) is 17.7 Å². The van der Waals surface area contributed by atoms with Crippen molar-refractivity contribution in [3.63, 3.8) is 0 Å². The molecule has 0 N–H and O–H groups in total. The quantitative estimate of drug-likeness (QED) is 0.594. The van der Waals surface area contributed by atoms with Crippen molar-refractivity contribution in [2.45, 2.75) is 5.12 Å². The summed E-state index contributed by atoms with van der Waals surface area (Å²) in [6.07, 6.45) is 0. The van der Waals surface area contributed by atoms with Gasteiger partial charge in [0.25, 0.3) is 0 Å². The van der Waals surface area contributed by atoms with Crippen molar-refractivity contribution in [1.82, 2.24) is 0 Å². The van der Waals surface area contributed by atoms with E-state index in [1.807, 2.05) is 0 Å². The number of halogens is 1. The fourth-order valence-corrected chi connectivity index (χ4v) is 3.10. The summed E-state index contributed by atoms with van der Waals surface area (Å²) in [4.78, 5) is 0. The summed E-state index contributed by atoms with van der Waals surface area (Å²) in [5, 5.41) is -0.910. The number of rotatable bonds is 6. The predicted molar refractivity (Wildman–Crippen MR) is 69.8 cm³/mol. The third-order valence-corrected chi connectivity index (χ3v) is 5.31. The number of methoxy groups -OCH3 is 2. The Hall–Kier alpha value is -0.740. The first kappa shape index (κ1) is 15.3. The molecule has 0 saturated heterocycles. The topological polar surface area (TPSA) is 54.0 Å². The van der Waals surface area contributed by atoms with E-state index in [1.165, 1.54) is 28.4 Å². The molecule has 0 aliphatic heterocycles. The van der Waals surface area contributed by atoms with Crippen molar-refractivity contribution < 1.29 is 23.1 Å². The minimum Gasteiger partial charge on any atom is -0.493 e. The van der Waals surface area contributed by atoms with Gasteiger partial charge in [-0.15, -0.1) is 11.6 Å². The molecule has 5 nitrogen and oxygen atoms in total. The minimum absolute atomic E-state index is 0.499. The molecule has 0 radical (unpaired) electrons. The van der Waals surface area contributed by atoms with Crippen LogP contribution >= 0.6 is 19.2 Å². The molecule has 1 aromatic carbocycles. The number of benzene rings is 1. The largest absolute Gasteiger partial charge is 0.493 e. The Balaban J connectivity index is 3.14. The molecular weight excluding hydrogens is 279 g/mol. The molecule has 1 atom stereocenters. The molecule has 1 aromatic rings. The van der Waals surface area contributed by atoms with E-state index in [0.29, 0.717) is 17.1 Å². The highest BCUT2D eigenvalue weighted by Gasteiger charge is 2.34. The van der Waals surface area contributed by atoms with Crippen molar-refractivity contribution >= 4 is 19.2 Å². The molecule has 1 rings (SSSR count). The first-order chi connectivity index (χ1) is 8.52. The zero-order chi connectivity index (χ0) is 13.8. The molecule has 0 saturated carbocycles. The summed E-state index contributed by atoms with van der Waals surface area (Å²) in [6.45, 7) is 0. The molecule has 0 spiro atoms. The van der Waals surface area contributed by atoms with Crippen LogP contribution in [0.15, 0.2) is 18.2 Å². The predicted octanol–water partition coefficient (Wildman–Crippen LogP) is 3.43. The summed E-state index contributed by atoms with van der Waals surface area (Å²) in [5.41, 5.74) is 0.571. The fraction of sp³-hybridized carbons (Fsp3) is 0.455. The number of hydrogen-bond donors (Lipinski definition) is 0. The summed E-state index contributed by atoms with van der Waals surface area (Å²) >= 11 is 6.13. The third kappa shape index (κ3) is 2.98. The van der Waals surface area contributed by atoms with Crippen molar-refractivity contribution in [1.29, 1.82) is 0 Å². The maximum absolute atomic E-state index is 12.2. The van der Waals surface area contributed by atoms with Crippen LogP contribution in [0.3, 0.4) is 0 Å². The van der Waals surface area contributed by atoms with Crippen molar-refractivity contribution in [2.24, 2.45) is 0 Å². The van der Waals surface area contributed by atoms with Crippen LogP contribution in [0, 0.1) is 0 Å². The van der Waals surface area contributed by atoms with Gasteiger partial charge in [-0.1, -0.05) is 6.07 Å². The van der Waals surface area contributed by atoms with E-state index in [0.717, 1.165) is 0 Å². The second kappa shape index (κ2) is 6.43. The van der Waals surface area contributed by atoms with Gasteiger partial charge >= 0.3 is 7.60 Å². The van der Waals surface area contributed by atoms with Gasteiger partial charge in [0.15, 0.2) is 16.6 Å². The normalized spacial score (nSPS) is 13.2. The number of alkyl halides is 1. The average molecular weight is 295 g/mol. The molecule has 0 amide bonds. The van der Waals surface area contributed by atoms with Gasteiger partial charge in [0.1, 0.15) is 0 Å². The van der Waals surface area contributed by atoms with Gasteiger partial charge in [-0.3, -0.25) is 4.57 Å². The molecule has 0 bridgehead atoms. The Morgan fingerprint density at radius 3 is 2.06 bits per heavy atom. The van der Waals surface area contributed by atoms with Crippen molar-refractivity contribution in [3.05, 3.63) is 23.8 Å². The average Bonchev–Trinajstić information content (AvgIpc) is 2.44. The second-order valence-corrected chi connectivity index (χ2v) is 6.42. The van der Waals surface area contributed by atoms with Gasteiger partial charge in [0.2, 0.25) is 0 Å². The Bertz CT molecular complexity index is 443. The van der Waals surface area contributed by atoms with E-state index >= 15 is 0 Å². The lowest BCUT2D eigenvalue weighted by molar-refractivity contribution is 0.273. The third-order valence-electron chi connectivity index (χ3n) is 2.47. The number of hydrogen-bond acceptors (Lipinski definition) is 5. The van der Waals surface area contributed by atoms with Crippen LogP contribution in [0.1, 0.15) is 10.7 Å². The Morgan fingerprint density at radius 2 is 1.61 bits per heavy atom. The van der Waals surface area contributed by atoms with E-state index in [2.05, 4.69) is 0 Å². The van der Waals surface area contributed by atoms with Crippen LogP contribution in [0.25, 0.3) is 0 Å². The summed E-state index contributed by atoms with van der Waals surface area (Å²) in [6, 6.07) is 5.00. The SMILES string of the molecule is COc1ccc(C(Cl)P(=O)(OC)OC)cc1OC. The summed E-state index contributed by atoms with van der Waals surface area (Å²) in [7, 11) is 2.25. The van der Waals surface area contributed by atoms with Crippen molar-refractivity contribution in [3.8, 4) is 11.5 Å². The second-order valence-electron chi connectivity index (χ2n) is 3.36. The highest BCUT2D eigenvalue weighted by molar-refractivity contribution is 7.56. The van der Waals surface area contributed by atoms with Gasteiger partial charge < -0.3 is 18.5 Å². The standard InChI is InChI=1S/C11H16ClO5P/c1-14-9-6-5-8(7-10(9)15-2)11(12)18(13,16-3)17-4/h5-7,11H,1-4H3. The van der Waals surface area contributed by atoms with Gasteiger partial charge in [-0.25, -0.2) is 0 Å². The fourth-order valence-electron chi connectivity index (χ4n) is 1.44. The molecule has 7 heteroatoms. The molecule has 0 heterocycles. The Labute approximate surface area is 111 Å². The molecule has 102 valence electrons. The first-order valence-corrected chi connectivity index (χ1v) is 7.14. The maximum Gasteiger partial charge on any atom is 0.352 e. The lowest BCUT2D eigenvalue weighted by Gasteiger charge is -2.20. The molecule has 18 heavy (non-hydrogen) atoms. The first-order valence-electron chi connectivity index (χ1n) is 5.09. The molecule has 0 fully saturated rings. The molecular formula is C11H16ClO5P. The summed E-state index contributed by atoms with van der Waals surface area (Å²) < 4.78 is 32.1. The van der Waals surface area contributed by atoms with Crippen LogP contribution in [0.5, 0.6) is 11.5 Å². The molecule has 0 aromatic heterocycles. The van der Waals surface area contributed by atoms with Gasteiger partial charge in [0, 0.05) is 14.2 Å². The van der Waals surface area contributed by atoms with Gasteiger partial charge in [0.05, 0.1) is 14.2 Å². The Kier molecular flexibility index (Phi) is 5.47. The Morgan fingerprint density at radius 1 is 1.06 bits per heavy atom. The van der Waals surface area contributed by atoms with E-state index in [-0.39, 0.29) is 0 Å². The van der Waals surface area contributed by atoms with Crippen LogP contribution in [0.4, 0.5) is 0 Å². The van der Waals surface area contributed by atoms with Crippen molar-refractivity contribution in [2.75, 3.05) is 28.4 Å². The highest BCUT2D eigenvalue weighted by Crippen LogP contribution is 2.62.